The van der Waals surface area contributed by atoms with Gasteiger partial charge in [-0.05, 0) is 70.4 Å². The second kappa shape index (κ2) is 11.2. The zero-order valence-electron chi connectivity index (χ0n) is 28.1. The predicted octanol–water partition coefficient (Wildman–Crippen LogP) is 12.3. The molecule has 0 unspecified atom stereocenters. The van der Waals surface area contributed by atoms with Crippen LogP contribution in [-0.4, -0.2) is 19.1 Å². The molecule has 0 aliphatic carbocycles. The number of hydrogen-bond acceptors (Lipinski definition) is 2. The van der Waals surface area contributed by atoms with Crippen molar-refractivity contribution in [3.63, 3.8) is 0 Å². The van der Waals surface area contributed by atoms with Gasteiger partial charge in [-0.1, -0.05) is 133 Å². The molecule has 0 radical (unpaired) electrons. The molecule has 242 valence electrons. The first-order valence-corrected chi connectivity index (χ1v) is 17.7. The minimum absolute atomic E-state index is 0.810. The summed E-state index contributed by atoms with van der Waals surface area (Å²) >= 11 is 0. The summed E-state index contributed by atoms with van der Waals surface area (Å²) in [6, 6.07) is 64.8. The van der Waals surface area contributed by atoms with Crippen LogP contribution in [0, 0.1) is 0 Å². The summed E-state index contributed by atoms with van der Waals surface area (Å²) in [5.74, 6) is 0.810. The lowest BCUT2D eigenvalue weighted by Crippen LogP contribution is -2.04. The molecular formula is C48H30N4. The van der Waals surface area contributed by atoms with Gasteiger partial charge in [0.25, 0.3) is 0 Å². The first-order valence-electron chi connectivity index (χ1n) is 17.7. The molecule has 0 fully saturated rings. The Morgan fingerprint density at radius 2 is 0.962 bits per heavy atom. The molecule has 3 heterocycles. The van der Waals surface area contributed by atoms with Crippen molar-refractivity contribution in [2.24, 2.45) is 0 Å². The van der Waals surface area contributed by atoms with E-state index in [1.165, 1.54) is 49.0 Å². The Balaban J connectivity index is 1.26. The molecule has 0 atom stereocenters. The van der Waals surface area contributed by atoms with Crippen LogP contribution in [0.5, 0.6) is 0 Å². The highest BCUT2D eigenvalue weighted by Crippen LogP contribution is 2.42. The second-order valence-corrected chi connectivity index (χ2v) is 13.4. The van der Waals surface area contributed by atoms with Gasteiger partial charge < -0.3 is 4.57 Å². The fraction of sp³-hybridized carbons (Fsp3) is 0. The molecule has 4 nitrogen and oxygen atoms in total. The monoisotopic (exact) mass is 662 g/mol. The highest BCUT2D eigenvalue weighted by molar-refractivity contribution is 6.25. The largest absolute Gasteiger partial charge is 0.309 e. The molecule has 3 aromatic heterocycles. The van der Waals surface area contributed by atoms with E-state index in [9.17, 15) is 0 Å². The Kier molecular flexibility index (Phi) is 6.22. The summed E-state index contributed by atoms with van der Waals surface area (Å²) in [5.41, 5.74) is 11.6. The second-order valence-electron chi connectivity index (χ2n) is 13.4. The molecule has 0 saturated carbocycles. The first kappa shape index (κ1) is 28.8. The van der Waals surface area contributed by atoms with E-state index in [0.29, 0.717) is 0 Å². The Morgan fingerprint density at radius 3 is 1.77 bits per heavy atom. The zero-order valence-corrected chi connectivity index (χ0v) is 28.1. The smallest absolute Gasteiger partial charge is 0.165 e. The molecule has 0 aliphatic heterocycles. The van der Waals surface area contributed by atoms with E-state index in [1.54, 1.807) is 0 Å². The van der Waals surface area contributed by atoms with Crippen molar-refractivity contribution in [1.82, 2.24) is 19.1 Å². The van der Waals surface area contributed by atoms with Gasteiger partial charge in [0.2, 0.25) is 0 Å². The fourth-order valence-electron chi connectivity index (χ4n) is 8.12. The minimum Gasteiger partial charge on any atom is -0.309 e. The standard InChI is InChI=1S/C48H30N4/c1-3-13-31(14-4-1)32-23-25-34(26-24-32)47-48(50-41-21-11-10-20-40(41)49-47)52-42-22-12-9-19-37(42)38-29-39-45(30-44(38)52)51(35-16-5-2-6-17-35)43-28-27-33-15-7-8-18-36(33)46(39)43/h1-30H. The minimum atomic E-state index is 0.810. The van der Waals surface area contributed by atoms with Crippen molar-refractivity contribution in [2.75, 3.05) is 0 Å². The number of para-hydroxylation sites is 4. The number of hydrogen-bond donors (Lipinski definition) is 0. The van der Waals surface area contributed by atoms with Crippen LogP contribution in [0.2, 0.25) is 0 Å². The lowest BCUT2D eigenvalue weighted by atomic mass is 10.0. The molecule has 52 heavy (non-hydrogen) atoms. The molecule has 11 rings (SSSR count). The van der Waals surface area contributed by atoms with E-state index in [1.807, 2.05) is 18.2 Å². The van der Waals surface area contributed by atoms with E-state index < -0.39 is 0 Å². The molecule has 4 heteroatoms. The third kappa shape index (κ3) is 4.28. The van der Waals surface area contributed by atoms with E-state index in [0.717, 1.165) is 50.3 Å². The van der Waals surface area contributed by atoms with Gasteiger partial charge in [0, 0.05) is 32.8 Å². The average molecular weight is 663 g/mol. The van der Waals surface area contributed by atoms with Crippen LogP contribution in [0.4, 0.5) is 0 Å². The third-order valence-electron chi connectivity index (χ3n) is 10.5. The van der Waals surface area contributed by atoms with Gasteiger partial charge >= 0.3 is 0 Å². The van der Waals surface area contributed by atoms with Crippen molar-refractivity contribution < 1.29 is 0 Å². The molecule has 0 aliphatic rings. The average Bonchev–Trinajstić information content (AvgIpc) is 3.72. The molecule has 0 bridgehead atoms. The number of aromatic nitrogens is 4. The Labute approximate surface area is 299 Å². The lowest BCUT2D eigenvalue weighted by Gasteiger charge is -2.14. The molecule has 0 N–H and O–H groups in total. The molecule has 0 spiro atoms. The van der Waals surface area contributed by atoms with Crippen molar-refractivity contribution in [3.05, 3.63) is 182 Å². The van der Waals surface area contributed by atoms with Crippen LogP contribution >= 0.6 is 0 Å². The Morgan fingerprint density at radius 1 is 0.346 bits per heavy atom. The van der Waals surface area contributed by atoms with Crippen LogP contribution in [0.15, 0.2) is 182 Å². The summed E-state index contributed by atoms with van der Waals surface area (Å²) < 4.78 is 4.74. The van der Waals surface area contributed by atoms with Gasteiger partial charge in [0.05, 0.1) is 33.1 Å². The maximum atomic E-state index is 5.41. The number of benzene rings is 8. The first-order chi connectivity index (χ1) is 25.8. The normalized spacial score (nSPS) is 11.8. The van der Waals surface area contributed by atoms with Crippen LogP contribution in [-0.2, 0) is 0 Å². The molecule has 11 aromatic rings. The van der Waals surface area contributed by atoms with E-state index in [-0.39, 0.29) is 0 Å². The zero-order chi connectivity index (χ0) is 34.2. The van der Waals surface area contributed by atoms with Gasteiger partial charge in [0.1, 0.15) is 5.69 Å². The molecular weight excluding hydrogens is 633 g/mol. The van der Waals surface area contributed by atoms with E-state index in [4.69, 9.17) is 9.97 Å². The summed E-state index contributed by atoms with van der Waals surface area (Å²) in [4.78, 5) is 10.7. The highest BCUT2D eigenvalue weighted by atomic mass is 15.1. The van der Waals surface area contributed by atoms with Gasteiger partial charge in [-0.15, -0.1) is 0 Å². The van der Waals surface area contributed by atoms with Crippen molar-refractivity contribution in [1.29, 1.82) is 0 Å². The van der Waals surface area contributed by atoms with Crippen LogP contribution in [0.3, 0.4) is 0 Å². The van der Waals surface area contributed by atoms with E-state index in [2.05, 4.69) is 173 Å². The summed E-state index contributed by atoms with van der Waals surface area (Å²) in [6.07, 6.45) is 0. The molecule has 0 amide bonds. The number of rotatable bonds is 4. The maximum absolute atomic E-state index is 5.41. The van der Waals surface area contributed by atoms with Gasteiger partial charge in [-0.2, -0.15) is 0 Å². The quantitative estimate of drug-likeness (QED) is 0.188. The molecule has 8 aromatic carbocycles. The van der Waals surface area contributed by atoms with Gasteiger partial charge in [-0.25, -0.2) is 9.97 Å². The Bertz CT molecular complexity index is 3160. The summed E-state index contributed by atoms with van der Waals surface area (Å²) in [6.45, 7) is 0. The van der Waals surface area contributed by atoms with Gasteiger partial charge in [-0.3, -0.25) is 4.57 Å². The van der Waals surface area contributed by atoms with Crippen LogP contribution in [0.1, 0.15) is 0 Å². The summed E-state index contributed by atoms with van der Waals surface area (Å²) in [7, 11) is 0. The van der Waals surface area contributed by atoms with E-state index >= 15 is 0 Å². The fourth-order valence-corrected chi connectivity index (χ4v) is 8.12. The van der Waals surface area contributed by atoms with Crippen LogP contribution in [0.25, 0.3) is 99.3 Å². The number of nitrogens with zero attached hydrogens (tertiary/aromatic N) is 4. The topological polar surface area (TPSA) is 35.6 Å². The lowest BCUT2D eigenvalue weighted by molar-refractivity contribution is 1.08. The number of fused-ring (bicyclic) bond motifs is 9. The molecule has 0 saturated heterocycles. The Hall–Kier alpha value is -7.04. The summed E-state index contributed by atoms with van der Waals surface area (Å²) in [5, 5.41) is 7.35. The maximum Gasteiger partial charge on any atom is 0.165 e. The van der Waals surface area contributed by atoms with Crippen molar-refractivity contribution in [2.45, 2.75) is 0 Å². The predicted molar refractivity (Wildman–Crippen MR) is 217 cm³/mol. The van der Waals surface area contributed by atoms with Crippen LogP contribution < -0.4 is 0 Å². The SMILES string of the molecule is c1ccc(-c2ccc(-c3nc4ccccc4nc3-n3c4ccccc4c4cc5c6c7ccccc7ccc6n(-c6ccccc6)c5cc43)cc2)cc1. The van der Waals surface area contributed by atoms with Gasteiger partial charge in [0.15, 0.2) is 5.82 Å². The van der Waals surface area contributed by atoms with Crippen molar-refractivity contribution >= 4 is 65.4 Å². The third-order valence-corrected chi connectivity index (χ3v) is 10.5. The highest BCUT2D eigenvalue weighted by Gasteiger charge is 2.22. The van der Waals surface area contributed by atoms with Crippen molar-refractivity contribution in [3.8, 4) is 33.9 Å².